The molecule has 2 N–H and O–H groups in total. The van der Waals surface area contributed by atoms with Crippen LogP contribution in [0.5, 0.6) is 0 Å². The molecule has 0 aromatic carbocycles. The molecular weight excluding hydrogens is 315 g/mol. The van der Waals surface area contributed by atoms with E-state index < -0.39 is 29.7 Å². The normalized spacial score (nSPS) is 29.1. The Kier molecular flexibility index (Phi) is 4.43. The van der Waals surface area contributed by atoms with Gasteiger partial charge in [-0.05, 0) is 31.4 Å². The van der Waals surface area contributed by atoms with Crippen molar-refractivity contribution in [2.45, 2.75) is 49.8 Å². The van der Waals surface area contributed by atoms with Crippen LogP contribution in [0.1, 0.15) is 30.8 Å². The van der Waals surface area contributed by atoms with Crippen LogP contribution in [0.2, 0.25) is 0 Å². The number of alkyl halides is 3. The summed E-state index contributed by atoms with van der Waals surface area (Å²) in [5, 5.41) is 20.0. The minimum Gasteiger partial charge on any atom is -0.455 e. The third kappa shape index (κ3) is 3.40. The van der Waals surface area contributed by atoms with Gasteiger partial charge in [0, 0.05) is 13.1 Å². The van der Waals surface area contributed by atoms with Crippen molar-refractivity contribution in [3.8, 4) is 0 Å². The molecule has 0 amide bonds. The number of rotatable bonds is 2. The van der Waals surface area contributed by atoms with Gasteiger partial charge in [0.1, 0.15) is 11.9 Å². The summed E-state index contributed by atoms with van der Waals surface area (Å²) in [5.41, 5.74) is -0.742. The van der Waals surface area contributed by atoms with Crippen molar-refractivity contribution in [2.75, 3.05) is 19.7 Å². The van der Waals surface area contributed by atoms with E-state index in [4.69, 9.17) is 9.15 Å². The van der Waals surface area contributed by atoms with Crippen LogP contribution < -0.4 is 0 Å². The van der Waals surface area contributed by atoms with E-state index in [0.29, 0.717) is 39.0 Å². The van der Waals surface area contributed by atoms with E-state index in [1.54, 1.807) is 0 Å². The van der Waals surface area contributed by atoms with Gasteiger partial charge < -0.3 is 19.4 Å². The molecule has 5 nitrogen and oxygen atoms in total. The second-order valence-electron chi connectivity index (χ2n) is 6.25. The van der Waals surface area contributed by atoms with Crippen LogP contribution in [0, 0.1) is 0 Å². The Morgan fingerprint density at radius 1 is 1.22 bits per heavy atom. The third-order valence-corrected chi connectivity index (χ3v) is 4.73. The van der Waals surface area contributed by atoms with E-state index in [1.807, 2.05) is 4.90 Å². The minimum absolute atomic E-state index is 0.262. The predicted molar refractivity (Wildman–Crippen MR) is 73.5 cm³/mol. The van der Waals surface area contributed by atoms with Crippen LogP contribution >= 0.6 is 0 Å². The fourth-order valence-corrected chi connectivity index (χ4v) is 3.34. The van der Waals surface area contributed by atoms with Crippen LogP contribution in [0.15, 0.2) is 16.5 Å². The largest absolute Gasteiger partial charge is 0.455 e. The summed E-state index contributed by atoms with van der Waals surface area (Å²) in [4.78, 5) is 1.96. The summed E-state index contributed by atoms with van der Waals surface area (Å²) in [5.74, 6) is -0.728. The fraction of sp³-hybridized carbons (Fsp3) is 0.733. The SMILES string of the molecule is O[C@H]1CCOC2(CCN(Cc3ccc(C(F)(F)F)o3)CC2)[C@H]1O. The van der Waals surface area contributed by atoms with Gasteiger partial charge >= 0.3 is 6.18 Å². The molecule has 23 heavy (non-hydrogen) atoms. The highest BCUT2D eigenvalue weighted by atomic mass is 19.4. The predicted octanol–water partition coefficient (Wildman–Crippen LogP) is 1.78. The number of ether oxygens (including phenoxy) is 1. The Morgan fingerprint density at radius 3 is 2.52 bits per heavy atom. The molecule has 0 radical (unpaired) electrons. The number of hydrogen-bond donors (Lipinski definition) is 2. The fourth-order valence-electron chi connectivity index (χ4n) is 3.34. The van der Waals surface area contributed by atoms with Crippen LogP contribution in [0.4, 0.5) is 13.2 Å². The number of nitrogens with zero attached hydrogens (tertiary/aromatic N) is 1. The molecule has 3 rings (SSSR count). The lowest BCUT2D eigenvalue weighted by Crippen LogP contribution is -2.59. The molecule has 130 valence electrons. The second-order valence-corrected chi connectivity index (χ2v) is 6.25. The average molecular weight is 335 g/mol. The summed E-state index contributed by atoms with van der Waals surface area (Å²) in [6.07, 6.45) is -4.70. The summed E-state index contributed by atoms with van der Waals surface area (Å²) in [7, 11) is 0. The molecule has 3 heterocycles. The van der Waals surface area contributed by atoms with Crippen molar-refractivity contribution in [1.29, 1.82) is 0 Å². The lowest BCUT2D eigenvalue weighted by Gasteiger charge is -2.48. The van der Waals surface area contributed by atoms with E-state index in [0.717, 1.165) is 6.07 Å². The smallest absolute Gasteiger partial charge is 0.449 e. The van der Waals surface area contributed by atoms with Gasteiger partial charge in [-0.1, -0.05) is 0 Å². The van der Waals surface area contributed by atoms with Gasteiger partial charge in [0.2, 0.25) is 5.76 Å². The van der Waals surface area contributed by atoms with E-state index in [1.165, 1.54) is 6.07 Å². The third-order valence-electron chi connectivity index (χ3n) is 4.73. The van der Waals surface area contributed by atoms with E-state index in [-0.39, 0.29) is 12.3 Å². The van der Waals surface area contributed by atoms with Gasteiger partial charge in [-0.3, -0.25) is 4.90 Å². The first-order valence-corrected chi connectivity index (χ1v) is 7.68. The molecule has 2 fully saturated rings. The van der Waals surface area contributed by atoms with Gasteiger partial charge in [0.15, 0.2) is 0 Å². The van der Waals surface area contributed by atoms with Gasteiger partial charge in [0.05, 0.1) is 24.9 Å². The Balaban J connectivity index is 1.58. The zero-order valence-corrected chi connectivity index (χ0v) is 12.6. The van der Waals surface area contributed by atoms with Crippen LogP contribution in [0.3, 0.4) is 0 Å². The molecule has 1 spiro atoms. The number of aliphatic hydroxyl groups excluding tert-OH is 2. The molecule has 2 saturated heterocycles. The van der Waals surface area contributed by atoms with Gasteiger partial charge in [0.25, 0.3) is 0 Å². The number of piperidine rings is 1. The zero-order chi connectivity index (χ0) is 16.7. The number of aliphatic hydroxyl groups is 2. The highest BCUT2D eigenvalue weighted by molar-refractivity contribution is 5.10. The maximum Gasteiger partial charge on any atom is 0.449 e. The quantitative estimate of drug-likeness (QED) is 0.862. The van der Waals surface area contributed by atoms with Crippen molar-refractivity contribution in [3.63, 3.8) is 0 Å². The van der Waals surface area contributed by atoms with Crippen molar-refractivity contribution in [3.05, 3.63) is 23.7 Å². The summed E-state index contributed by atoms with van der Waals surface area (Å²) < 4.78 is 48.1. The molecule has 2 aliphatic rings. The van der Waals surface area contributed by atoms with Crippen molar-refractivity contribution < 1.29 is 32.5 Å². The van der Waals surface area contributed by atoms with Gasteiger partial charge in [-0.15, -0.1) is 0 Å². The number of halogens is 3. The average Bonchev–Trinajstić information content (AvgIpc) is 2.96. The second kappa shape index (κ2) is 6.08. The van der Waals surface area contributed by atoms with E-state index >= 15 is 0 Å². The lowest BCUT2D eigenvalue weighted by atomic mass is 9.80. The molecule has 1 aromatic rings. The van der Waals surface area contributed by atoms with Gasteiger partial charge in [-0.25, -0.2) is 0 Å². The molecule has 2 aliphatic heterocycles. The summed E-state index contributed by atoms with van der Waals surface area (Å²) in [6, 6.07) is 2.27. The first-order chi connectivity index (χ1) is 10.8. The lowest BCUT2D eigenvalue weighted by molar-refractivity contribution is -0.214. The van der Waals surface area contributed by atoms with E-state index in [2.05, 4.69) is 0 Å². The Hall–Kier alpha value is -1.09. The van der Waals surface area contributed by atoms with Crippen molar-refractivity contribution >= 4 is 0 Å². The molecule has 0 unspecified atom stereocenters. The minimum atomic E-state index is -4.47. The van der Waals surface area contributed by atoms with Crippen LogP contribution in [-0.4, -0.2) is 52.6 Å². The maximum atomic E-state index is 12.5. The zero-order valence-electron chi connectivity index (χ0n) is 12.6. The molecule has 0 aliphatic carbocycles. The van der Waals surface area contributed by atoms with E-state index in [9.17, 15) is 23.4 Å². The summed E-state index contributed by atoms with van der Waals surface area (Å²) in [6.45, 7) is 1.81. The van der Waals surface area contributed by atoms with Crippen LogP contribution in [0.25, 0.3) is 0 Å². The Bertz CT molecular complexity index is 537. The highest BCUT2D eigenvalue weighted by Crippen LogP contribution is 2.36. The monoisotopic (exact) mass is 335 g/mol. The number of furan rings is 1. The van der Waals surface area contributed by atoms with Gasteiger partial charge in [-0.2, -0.15) is 13.2 Å². The topological polar surface area (TPSA) is 66.1 Å². The Morgan fingerprint density at radius 2 is 1.91 bits per heavy atom. The number of hydrogen-bond acceptors (Lipinski definition) is 5. The maximum absolute atomic E-state index is 12.5. The highest BCUT2D eigenvalue weighted by Gasteiger charge is 2.47. The molecule has 0 bridgehead atoms. The molecule has 2 atom stereocenters. The summed E-state index contributed by atoms with van der Waals surface area (Å²) >= 11 is 0. The first kappa shape index (κ1) is 16.8. The molecule has 1 aromatic heterocycles. The molecular formula is C15H20F3NO4. The molecule has 8 heteroatoms. The first-order valence-electron chi connectivity index (χ1n) is 7.68. The standard InChI is InChI=1S/C15H20F3NO4/c16-15(17,18)12-2-1-10(23-12)9-19-6-4-14(5-7-19)13(21)11(20)3-8-22-14/h1-2,11,13,20-21H,3-9H2/t11-,13-/m0/s1. The Labute approximate surface area is 131 Å². The van der Waals surface area contributed by atoms with Crippen LogP contribution in [-0.2, 0) is 17.5 Å². The van der Waals surface area contributed by atoms with Crippen molar-refractivity contribution in [2.24, 2.45) is 0 Å². The molecule has 0 saturated carbocycles. The number of likely N-dealkylation sites (tertiary alicyclic amines) is 1. The van der Waals surface area contributed by atoms with Crippen molar-refractivity contribution in [1.82, 2.24) is 4.90 Å².